The lowest BCUT2D eigenvalue weighted by Crippen LogP contribution is -2.32. The summed E-state index contributed by atoms with van der Waals surface area (Å²) in [5, 5.41) is 12.0. The Balaban J connectivity index is 1.62. The molecule has 0 spiro atoms. The highest BCUT2D eigenvalue weighted by molar-refractivity contribution is 7.19. The van der Waals surface area contributed by atoms with Gasteiger partial charge in [0.15, 0.2) is 17.4 Å². The van der Waals surface area contributed by atoms with Gasteiger partial charge in [-0.05, 0) is 17.7 Å². The Kier molecular flexibility index (Phi) is 4.61. The number of ketones is 2. The summed E-state index contributed by atoms with van der Waals surface area (Å²) < 4.78 is 6.72. The number of hydrogen-bond donors (Lipinski definition) is 1. The van der Waals surface area contributed by atoms with Crippen LogP contribution in [0.4, 0.5) is 5.69 Å². The minimum absolute atomic E-state index is 0.0696. The zero-order valence-corrected chi connectivity index (χ0v) is 18.7. The van der Waals surface area contributed by atoms with Gasteiger partial charge >= 0.3 is 0 Å². The Morgan fingerprint density at radius 1 is 0.914 bits per heavy atom. The maximum atomic E-state index is 13.8. The van der Waals surface area contributed by atoms with E-state index in [4.69, 9.17) is 15.5 Å². The maximum absolute atomic E-state index is 13.8. The van der Waals surface area contributed by atoms with Crippen LogP contribution in [0.25, 0.3) is 15.8 Å². The summed E-state index contributed by atoms with van der Waals surface area (Å²) in [6.45, 7) is 0. The van der Waals surface area contributed by atoms with E-state index in [1.165, 1.54) is 23.5 Å². The molecule has 6 rings (SSSR count). The number of thiazole rings is 1. The number of carbonyl (C=O) groups excluding carboxylic acids is 2. The van der Waals surface area contributed by atoms with Crippen molar-refractivity contribution >= 4 is 44.4 Å². The van der Waals surface area contributed by atoms with Gasteiger partial charge in [-0.15, -0.1) is 11.3 Å². The lowest BCUT2D eigenvalue weighted by atomic mass is 9.75. The zero-order valence-electron chi connectivity index (χ0n) is 17.9. The molecular formula is C26H15N3O5S. The first-order chi connectivity index (χ1) is 16.9. The van der Waals surface area contributed by atoms with E-state index >= 15 is 0 Å². The molecule has 1 aliphatic carbocycles. The standard InChI is InChI=1S/C26H15N3O5S/c27-25-21(26-28-17-10-3-4-11-18(17)35-26)19(13-6-5-7-14(12-13)29(32)33)20-22(30)15-8-1-2-9-16(15)23(31)24(20)34-25/h1-12,19H,27H2. The third-order valence-electron chi connectivity index (χ3n) is 6.11. The van der Waals surface area contributed by atoms with Gasteiger partial charge in [-0.2, -0.15) is 0 Å². The van der Waals surface area contributed by atoms with Gasteiger partial charge in [-0.1, -0.05) is 48.5 Å². The van der Waals surface area contributed by atoms with Crippen molar-refractivity contribution in [3.63, 3.8) is 0 Å². The van der Waals surface area contributed by atoms with Crippen LogP contribution in [0.1, 0.15) is 37.2 Å². The molecule has 0 radical (unpaired) electrons. The third-order valence-corrected chi connectivity index (χ3v) is 7.17. The van der Waals surface area contributed by atoms with Crippen molar-refractivity contribution in [3.05, 3.63) is 122 Å². The zero-order chi connectivity index (χ0) is 24.3. The molecule has 0 fully saturated rings. The van der Waals surface area contributed by atoms with Crippen LogP contribution in [-0.2, 0) is 4.74 Å². The van der Waals surface area contributed by atoms with Crippen LogP contribution < -0.4 is 5.73 Å². The molecule has 2 aliphatic rings. The SMILES string of the molecule is NC1=C(c2nc3ccccc3s2)C(c2cccc([N+](=O)[O-])c2)C2=C(O1)C(=O)c1ccccc1C2=O. The predicted octanol–water partition coefficient (Wildman–Crippen LogP) is 4.98. The maximum Gasteiger partial charge on any atom is 0.269 e. The molecule has 170 valence electrons. The molecule has 1 aromatic heterocycles. The Hall–Kier alpha value is -4.63. The number of fused-ring (bicyclic) bond motifs is 2. The van der Waals surface area contributed by atoms with Gasteiger partial charge in [0.1, 0.15) is 5.01 Å². The monoisotopic (exact) mass is 481 g/mol. The lowest BCUT2D eigenvalue weighted by molar-refractivity contribution is -0.384. The number of para-hydroxylation sites is 1. The quantitative estimate of drug-likeness (QED) is 0.323. The number of carbonyl (C=O) groups is 2. The summed E-state index contributed by atoms with van der Waals surface area (Å²) in [6, 6.07) is 20.0. The molecule has 35 heavy (non-hydrogen) atoms. The van der Waals surface area contributed by atoms with Crippen LogP contribution in [-0.4, -0.2) is 21.5 Å². The van der Waals surface area contributed by atoms with E-state index in [2.05, 4.69) is 0 Å². The normalized spacial score (nSPS) is 17.3. The van der Waals surface area contributed by atoms with Gasteiger partial charge in [-0.3, -0.25) is 19.7 Å². The number of ether oxygens (including phenoxy) is 1. The van der Waals surface area contributed by atoms with E-state index in [1.54, 1.807) is 36.4 Å². The van der Waals surface area contributed by atoms with E-state index in [0.29, 0.717) is 16.1 Å². The molecule has 2 heterocycles. The molecule has 3 aromatic carbocycles. The number of non-ortho nitro benzene ring substituents is 1. The van der Waals surface area contributed by atoms with Crippen LogP contribution in [0.5, 0.6) is 0 Å². The molecule has 1 unspecified atom stereocenters. The van der Waals surface area contributed by atoms with E-state index in [-0.39, 0.29) is 34.0 Å². The summed E-state index contributed by atoms with van der Waals surface area (Å²) in [7, 11) is 0. The van der Waals surface area contributed by atoms with Gasteiger partial charge < -0.3 is 10.5 Å². The molecule has 1 aliphatic heterocycles. The fraction of sp³-hybridized carbons (Fsp3) is 0.0385. The molecule has 2 N–H and O–H groups in total. The van der Waals surface area contributed by atoms with Gasteiger partial charge in [0, 0.05) is 23.3 Å². The molecule has 8 nitrogen and oxygen atoms in total. The molecule has 0 amide bonds. The van der Waals surface area contributed by atoms with Crippen molar-refractivity contribution in [2.24, 2.45) is 5.73 Å². The minimum Gasteiger partial charge on any atom is -0.437 e. The number of Topliss-reactive ketones (excluding diaryl/α,β-unsaturated/α-hetero) is 2. The summed E-state index contributed by atoms with van der Waals surface area (Å²) in [4.78, 5) is 42.8. The Morgan fingerprint density at radius 2 is 1.63 bits per heavy atom. The Morgan fingerprint density at radius 3 is 2.37 bits per heavy atom. The number of rotatable bonds is 3. The molecule has 0 saturated carbocycles. The highest BCUT2D eigenvalue weighted by Crippen LogP contribution is 2.49. The van der Waals surface area contributed by atoms with Gasteiger partial charge in [0.2, 0.25) is 5.78 Å². The Bertz CT molecular complexity index is 1630. The number of hydrogen-bond acceptors (Lipinski definition) is 8. The molecular weight excluding hydrogens is 466 g/mol. The average molecular weight is 481 g/mol. The molecule has 1 atom stereocenters. The summed E-state index contributed by atoms with van der Waals surface area (Å²) in [5.41, 5.74) is 8.38. The number of nitro groups is 1. The van der Waals surface area contributed by atoms with Crippen LogP contribution >= 0.6 is 11.3 Å². The van der Waals surface area contributed by atoms with Crippen LogP contribution in [0.15, 0.2) is 90.0 Å². The third kappa shape index (κ3) is 3.17. The molecule has 4 aromatic rings. The highest BCUT2D eigenvalue weighted by Gasteiger charge is 2.44. The largest absolute Gasteiger partial charge is 0.437 e. The van der Waals surface area contributed by atoms with Crippen molar-refractivity contribution in [1.29, 1.82) is 0 Å². The average Bonchev–Trinajstić information content (AvgIpc) is 3.30. The fourth-order valence-corrected chi connectivity index (χ4v) is 5.60. The van der Waals surface area contributed by atoms with Gasteiger partial charge in [0.05, 0.1) is 32.2 Å². The molecule has 0 bridgehead atoms. The topological polar surface area (TPSA) is 125 Å². The first-order valence-corrected chi connectivity index (χ1v) is 11.5. The second kappa shape index (κ2) is 7.71. The predicted molar refractivity (Wildman–Crippen MR) is 130 cm³/mol. The highest BCUT2D eigenvalue weighted by atomic mass is 32.1. The molecule has 0 saturated heterocycles. The summed E-state index contributed by atoms with van der Waals surface area (Å²) in [5.74, 6) is -1.97. The molecule has 9 heteroatoms. The van der Waals surface area contributed by atoms with Crippen molar-refractivity contribution in [2.45, 2.75) is 5.92 Å². The number of nitrogens with zero attached hydrogens (tertiary/aromatic N) is 2. The number of nitrogens with two attached hydrogens (primary N) is 1. The smallest absolute Gasteiger partial charge is 0.269 e. The van der Waals surface area contributed by atoms with E-state index in [9.17, 15) is 19.7 Å². The van der Waals surface area contributed by atoms with Crippen LogP contribution in [0.3, 0.4) is 0 Å². The summed E-state index contributed by atoms with van der Waals surface area (Å²) in [6.07, 6.45) is 0. The summed E-state index contributed by atoms with van der Waals surface area (Å²) >= 11 is 1.36. The number of allylic oxidation sites excluding steroid dienone is 3. The van der Waals surface area contributed by atoms with Crippen molar-refractivity contribution in [3.8, 4) is 0 Å². The van der Waals surface area contributed by atoms with Gasteiger partial charge in [-0.25, -0.2) is 4.98 Å². The van der Waals surface area contributed by atoms with Crippen LogP contribution in [0, 0.1) is 10.1 Å². The van der Waals surface area contributed by atoms with Crippen LogP contribution in [0.2, 0.25) is 0 Å². The number of aromatic nitrogens is 1. The fourth-order valence-electron chi connectivity index (χ4n) is 4.55. The lowest BCUT2D eigenvalue weighted by Gasteiger charge is -2.32. The first-order valence-electron chi connectivity index (χ1n) is 10.6. The Labute approximate surface area is 202 Å². The van der Waals surface area contributed by atoms with Gasteiger partial charge in [0.25, 0.3) is 5.69 Å². The van der Waals surface area contributed by atoms with E-state index in [0.717, 1.165) is 10.2 Å². The minimum atomic E-state index is -0.885. The van der Waals surface area contributed by atoms with E-state index in [1.807, 2.05) is 24.3 Å². The second-order valence-electron chi connectivity index (χ2n) is 8.10. The van der Waals surface area contributed by atoms with E-state index < -0.39 is 22.4 Å². The van der Waals surface area contributed by atoms with Crippen molar-refractivity contribution < 1.29 is 19.2 Å². The number of nitro benzene ring substituents is 1. The first kappa shape index (κ1) is 20.9. The number of benzene rings is 3. The van der Waals surface area contributed by atoms with Crippen molar-refractivity contribution in [2.75, 3.05) is 0 Å². The second-order valence-corrected chi connectivity index (χ2v) is 9.13. The van der Waals surface area contributed by atoms with Crippen molar-refractivity contribution in [1.82, 2.24) is 4.98 Å².